The molecule has 7 nitrogen and oxygen atoms in total. The van der Waals surface area contributed by atoms with Gasteiger partial charge in [0.15, 0.2) is 11.5 Å². The molecule has 0 saturated carbocycles. The van der Waals surface area contributed by atoms with E-state index in [1.807, 2.05) is 42.5 Å². The maximum atomic E-state index is 12.3. The Bertz CT molecular complexity index is 930. The number of benzene rings is 1. The van der Waals surface area contributed by atoms with Gasteiger partial charge in [-0.1, -0.05) is 43.7 Å². The van der Waals surface area contributed by atoms with Crippen molar-refractivity contribution in [3.05, 3.63) is 42.5 Å². The summed E-state index contributed by atoms with van der Waals surface area (Å²) in [5.74, 6) is 1.94. The maximum Gasteiger partial charge on any atom is 0.223 e. The molecule has 1 amide bonds. The van der Waals surface area contributed by atoms with E-state index in [4.69, 9.17) is 5.10 Å². The van der Waals surface area contributed by atoms with Crippen molar-refractivity contribution in [1.29, 1.82) is 0 Å². The SMILES string of the molecule is CCCCNC(=O)C1CCN(c2ccc3nnc(-c4ccccc4)n3n2)CC1. The molecule has 1 aromatic carbocycles. The van der Waals surface area contributed by atoms with Crippen LogP contribution in [0.4, 0.5) is 5.82 Å². The van der Waals surface area contributed by atoms with Gasteiger partial charge in [-0.2, -0.15) is 4.52 Å². The summed E-state index contributed by atoms with van der Waals surface area (Å²) >= 11 is 0. The van der Waals surface area contributed by atoms with Crippen molar-refractivity contribution in [2.45, 2.75) is 32.6 Å². The number of carbonyl (C=O) groups is 1. The second-order valence-electron chi connectivity index (χ2n) is 7.26. The first-order chi connectivity index (χ1) is 13.8. The number of hydrogen-bond acceptors (Lipinski definition) is 5. The van der Waals surface area contributed by atoms with Gasteiger partial charge in [0, 0.05) is 31.1 Å². The van der Waals surface area contributed by atoms with Gasteiger partial charge in [0.25, 0.3) is 0 Å². The topological polar surface area (TPSA) is 75.4 Å². The zero-order valence-electron chi connectivity index (χ0n) is 16.2. The highest BCUT2D eigenvalue weighted by Crippen LogP contribution is 2.24. The number of hydrogen-bond donors (Lipinski definition) is 1. The summed E-state index contributed by atoms with van der Waals surface area (Å²) in [4.78, 5) is 14.5. The molecule has 0 bridgehead atoms. The third kappa shape index (κ3) is 3.83. The standard InChI is InChI=1S/C21H26N6O/c1-2-3-13-22-21(28)17-11-14-26(15-12-17)19-10-9-18-23-24-20(27(18)25-19)16-7-5-4-6-8-16/h4-10,17H,2-3,11-15H2,1H3,(H,22,28). The van der Waals surface area contributed by atoms with Crippen LogP contribution in [0.2, 0.25) is 0 Å². The van der Waals surface area contributed by atoms with Gasteiger partial charge >= 0.3 is 0 Å². The number of nitrogens with one attached hydrogen (secondary N) is 1. The lowest BCUT2D eigenvalue weighted by Crippen LogP contribution is -2.41. The van der Waals surface area contributed by atoms with Gasteiger partial charge in [0.2, 0.25) is 5.91 Å². The smallest absolute Gasteiger partial charge is 0.223 e. The first-order valence-corrected chi connectivity index (χ1v) is 10.1. The highest BCUT2D eigenvalue weighted by Gasteiger charge is 2.25. The minimum absolute atomic E-state index is 0.103. The molecule has 7 heteroatoms. The zero-order chi connectivity index (χ0) is 19.3. The van der Waals surface area contributed by atoms with Gasteiger partial charge in [-0.25, -0.2) is 0 Å². The van der Waals surface area contributed by atoms with Crippen molar-refractivity contribution in [3.63, 3.8) is 0 Å². The molecule has 2 aromatic heterocycles. The number of carbonyl (C=O) groups excluding carboxylic acids is 1. The van der Waals surface area contributed by atoms with Gasteiger partial charge in [-0.05, 0) is 31.4 Å². The third-order valence-electron chi connectivity index (χ3n) is 5.30. The van der Waals surface area contributed by atoms with Crippen molar-refractivity contribution in [2.75, 3.05) is 24.5 Å². The largest absolute Gasteiger partial charge is 0.356 e. The summed E-state index contributed by atoms with van der Waals surface area (Å²) in [5, 5.41) is 16.4. The third-order valence-corrected chi connectivity index (χ3v) is 5.30. The van der Waals surface area contributed by atoms with E-state index in [0.29, 0.717) is 0 Å². The second kappa shape index (κ2) is 8.37. The van der Waals surface area contributed by atoms with Crippen LogP contribution >= 0.6 is 0 Å². The van der Waals surface area contributed by atoms with Crippen LogP contribution in [0.5, 0.6) is 0 Å². The second-order valence-corrected chi connectivity index (χ2v) is 7.26. The lowest BCUT2D eigenvalue weighted by Gasteiger charge is -2.32. The van der Waals surface area contributed by atoms with E-state index in [1.54, 1.807) is 4.52 Å². The van der Waals surface area contributed by atoms with Gasteiger partial charge in [-0.15, -0.1) is 15.3 Å². The Morgan fingerprint density at radius 3 is 2.64 bits per heavy atom. The highest BCUT2D eigenvalue weighted by atomic mass is 16.1. The molecular formula is C21H26N6O. The summed E-state index contributed by atoms with van der Waals surface area (Å²) in [6.07, 6.45) is 3.84. The molecular weight excluding hydrogens is 352 g/mol. The molecule has 1 saturated heterocycles. The summed E-state index contributed by atoms with van der Waals surface area (Å²) in [6.45, 7) is 4.57. The van der Waals surface area contributed by atoms with Crippen molar-refractivity contribution >= 4 is 17.4 Å². The Kier molecular flexibility index (Phi) is 5.50. The average Bonchev–Trinajstić information content (AvgIpc) is 3.18. The lowest BCUT2D eigenvalue weighted by molar-refractivity contribution is -0.125. The van der Waals surface area contributed by atoms with E-state index in [1.165, 1.54) is 0 Å². The molecule has 3 heterocycles. The predicted octanol–water partition coefficient (Wildman–Crippen LogP) is 2.92. The monoisotopic (exact) mass is 378 g/mol. The predicted molar refractivity (Wildman–Crippen MR) is 109 cm³/mol. The fourth-order valence-electron chi connectivity index (χ4n) is 3.62. The van der Waals surface area contributed by atoms with Crippen LogP contribution < -0.4 is 10.2 Å². The number of anilines is 1. The van der Waals surface area contributed by atoms with Crippen LogP contribution in [-0.2, 0) is 4.79 Å². The van der Waals surface area contributed by atoms with E-state index in [9.17, 15) is 4.79 Å². The Morgan fingerprint density at radius 2 is 1.89 bits per heavy atom. The first-order valence-electron chi connectivity index (χ1n) is 10.1. The van der Waals surface area contributed by atoms with Crippen LogP contribution in [0.3, 0.4) is 0 Å². The number of fused-ring (bicyclic) bond motifs is 1. The molecule has 0 radical (unpaired) electrons. The Morgan fingerprint density at radius 1 is 1.11 bits per heavy atom. The van der Waals surface area contributed by atoms with E-state index < -0.39 is 0 Å². The maximum absolute atomic E-state index is 12.3. The van der Waals surface area contributed by atoms with Crippen LogP contribution in [0.15, 0.2) is 42.5 Å². The van der Waals surface area contributed by atoms with Crippen LogP contribution in [0.1, 0.15) is 32.6 Å². The summed E-state index contributed by atoms with van der Waals surface area (Å²) in [7, 11) is 0. The Labute approximate surface area is 164 Å². The Balaban J connectivity index is 1.46. The number of piperidine rings is 1. The van der Waals surface area contributed by atoms with Gasteiger partial charge in [0.05, 0.1) is 0 Å². The Hall–Kier alpha value is -2.96. The van der Waals surface area contributed by atoms with Gasteiger partial charge < -0.3 is 10.2 Å². The highest BCUT2D eigenvalue weighted by molar-refractivity contribution is 5.78. The molecule has 146 valence electrons. The fourth-order valence-corrected chi connectivity index (χ4v) is 3.62. The molecule has 0 unspecified atom stereocenters. The number of amides is 1. The van der Waals surface area contributed by atoms with Crippen molar-refractivity contribution in [1.82, 2.24) is 25.1 Å². The number of aromatic nitrogens is 4. The van der Waals surface area contributed by atoms with Crippen molar-refractivity contribution < 1.29 is 4.79 Å². The first kappa shape index (κ1) is 18.4. The minimum Gasteiger partial charge on any atom is -0.356 e. The van der Waals surface area contributed by atoms with Crippen LogP contribution in [-0.4, -0.2) is 45.4 Å². The summed E-state index contributed by atoms with van der Waals surface area (Å²) in [6, 6.07) is 13.9. The average molecular weight is 378 g/mol. The molecule has 1 aliphatic rings. The molecule has 3 aromatic rings. The molecule has 28 heavy (non-hydrogen) atoms. The summed E-state index contributed by atoms with van der Waals surface area (Å²) < 4.78 is 1.80. The lowest BCUT2D eigenvalue weighted by atomic mass is 9.96. The van der Waals surface area contributed by atoms with Crippen molar-refractivity contribution in [3.8, 4) is 11.4 Å². The molecule has 0 atom stereocenters. The van der Waals surface area contributed by atoms with Crippen LogP contribution in [0, 0.1) is 5.92 Å². The van der Waals surface area contributed by atoms with E-state index in [2.05, 4.69) is 27.3 Å². The molecule has 4 rings (SSSR count). The van der Waals surface area contributed by atoms with E-state index in [0.717, 1.165) is 68.2 Å². The number of nitrogens with zero attached hydrogens (tertiary/aromatic N) is 5. The molecule has 1 fully saturated rings. The fraction of sp³-hybridized carbons (Fsp3) is 0.429. The van der Waals surface area contributed by atoms with Crippen molar-refractivity contribution in [2.24, 2.45) is 5.92 Å². The normalized spacial score (nSPS) is 15.1. The van der Waals surface area contributed by atoms with E-state index in [-0.39, 0.29) is 11.8 Å². The quantitative estimate of drug-likeness (QED) is 0.668. The molecule has 1 aliphatic heterocycles. The van der Waals surface area contributed by atoms with Gasteiger partial charge in [0.1, 0.15) is 5.82 Å². The molecule has 1 N–H and O–H groups in total. The zero-order valence-corrected chi connectivity index (χ0v) is 16.2. The van der Waals surface area contributed by atoms with Crippen LogP contribution in [0.25, 0.3) is 17.0 Å². The summed E-state index contributed by atoms with van der Waals surface area (Å²) in [5.41, 5.74) is 1.72. The number of rotatable bonds is 6. The molecule has 0 spiro atoms. The molecule has 0 aliphatic carbocycles. The minimum atomic E-state index is 0.103. The number of unbranched alkanes of at least 4 members (excludes halogenated alkanes) is 1. The van der Waals surface area contributed by atoms with E-state index >= 15 is 0 Å². The van der Waals surface area contributed by atoms with Gasteiger partial charge in [-0.3, -0.25) is 4.79 Å².